The molecule has 1 aliphatic heterocycles. The summed E-state index contributed by atoms with van der Waals surface area (Å²) in [5, 5.41) is 6.07. The summed E-state index contributed by atoms with van der Waals surface area (Å²) >= 11 is 0. The first-order valence-electron chi connectivity index (χ1n) is 9.98. The molecule has 5 heteroatoms. The molecule has 1 fully saturated rings. The number of carbonyl (C=O) groups excluding carboxylic acids is 1. The van der Waals surface area contributed by atoms with E-state index < -0.39 is 0 Å². The normalized spacial score (nSPS) is 13.2. The van der Waals surface area contributed by atoms with E-state index in [-0.39, 0.29) is 12.5 Å². The third-order valence-corrected chi connectivity index (χ3v) is 4.91. The second kappa shape index (κ2) is 9.15. The van der Waals surface area contributed by atoms with E-state index in [4.69, 9.17) is 4.74 Å². The lowest BCUT2D eigenvalue weighted by molar-refractivity contribution is -0.114. The van der Waals surface area contributed by atoms with Gasteiger partial charge in [-0.1, -0.05) is 18.2 Å². The van der Waals surface area contributed by atoms with E-state index in [0.717, 1.165) is 36.0 Å². The number of para-hydroxylation sites is 1. The summed E-state index contributed by atoms with van der Waals surface area (Å²) in [5.41, 5.74) is 2.90. The lowest BCUT2D eigenvalue weighted by atomic mass is 10.2. The molecule has 1 saturated heterocycles. The Morgan fingerprint density at radius 2 is 1.41 bits per heavy atom. The Hall–Kier alpha value is -3.47. The molecule has 0 bridgehead atoms. The average molecular weight is 387 g/mol. The number of benzene rings is 3. The predicted molar refractivity (Wildman–Crippen MR) is 118 cm³/mol. The highest BCUT2D eigenvalue weighted by molar-refractivity contribution is 5.93. The van der Waals surface area contributed by atoms with E-state index in [1.165, 1.54) is 18.5 Å². The molecule has 0 radical (unpaired) electrons. The van der Waals surface area contributed by atoms with Crippen LogP contribution in [-0.4, -0.2) is 25.5 Å². The third kappa shape index (κ3) is 5.29. The molecule has 1 heterocycles. The number of amides is 1. The minimum absolute atomic E-state index is 0.0801. The standard InChI is InChI=1S/C24H25N3O2/c28-24(26-20-8-12-21(13-9-20)27-16-4-5-17-27)18-25-19-10-14-23(15-11-19)29-22-6-2-1-3-7-22/h1-3,6-15,25H,4-5,16-18H2,(H,26,28). The van der Waals surface area contributed by atoms with Crippen molar-refractivity contribution in [2.45, 2.75) is 12.8 Å². The summed E-state index contributed by atoms with van der Waals surface area (Å²) in [7, 11) is 0. The predicted octanol–water partition coefficient (Wildman–Crippen LogP) is 5.13. The number of rotatable bonds is 7. The van der Waals surface area contributed by atoms with Gasteiger partial charge in [-0.05, 0) is 73.5 Å². The van der Waals surface area contributed by atoms with Gasteiger partial charge in [0.15, 0.2) is 0 Å². The summed E-state index contributed by atoms with van der Waals surface area (Å²) in [6, 6.07) is 25.3. The van der Waals surface area contributed by atoms with Gasteiger partial charge in [-0.2, -0.15) is 0 Å². The van der Waals surface area contributed by atoms with Crippen molar-refractivity contribution in [3.05, 3.63) is 78.9 Å². The monoisotopic (exact) mass is 387 g/mol. The highest BCUT2D eigenvalue weighted by Crippen LogP contribution is 2.23. The summed E-state index contributed by atoms with van der Waals surface area (Å²) in [4.78, 5) is 14.6. The smallest absolute Gasteiger partial charge is 0.243 e. The molecule has 1 amide bonds. The highest BCUT2D eigenvalue weighted by atomic mass is 16.5. The Morgan fingerprint density at radius 1 is 0.793 bits per heavy atom. The van der Waals surface area contributed by atoms with Gasteiger partial charge in [0.2, 0.25) is 5.91 Å². The van der Waals surface area contributed by atoms with Crippen LogP contribution in [0, 0.1) is 0 Å². The molecule has 4 rings (SSSR count). The third-order valence-electron chi connectivity index (χ3n) is 4.91. The quantitative estimate of drug-likeness (QED) is 0.590. The van der Waals surface area contributed by atoms with Crippen LogP contribution in [0.2, 0.25) is 0 Å². The van der Waals surface area contributed by atoms with E-state index in [0.29, 0.717) is 0 Å². The van der Waals surface area contributed by atoms with Crippen LogP contribution in [0.1, 0.15) is 12.8 Å². The fraction of sp³-hybridized carbons (Fsp3) is 0.208. The zero-order valence-electron chi connectivity index (χ0n) is 16.3. The maximum absolute atomic E-state index is 12.2. The fourth-order valence-electron chi connectivity index (χ4n) is 3.38. The molecule has 3 aromatic rings. The van der Waals surface area contributed by atoms with E-state index in [2.05, 4.69) is 27.7 Å². The number of hydrogen-bond acceptors (Lipinski definition) is 4. The van der Waals surface area contributed by atoms with Crippen molar-refractivity contribution in [1.82, 2.24) is 0 Å². The zero-order valence-corrected chi connectivity index (χ0v) is 16.3. The van der Waals surface area contributed by atoms with E-state index in [1.807, 2.05) is 66.7 Å². The summed E-state index contributed by atoms with van der Waals surface area (Å²) in [5.74, 6) is 1.47. The number of nitrogens with one attached hydrogen (secondary N) is 2. The largest absolute Gasteiger partial charge is 0.457 e. The molecule has 3 aromatic carbocycles. The number of anilines is 3. The van der Waals surface area contributed by atoms with Gasteiger partial charge in [0.1, 0.15) is 11.5 Å². The Labute approximate surface area is 171 Å². The lowest BCUT2D eigenvalue weighted by Crippen LogP contribution is -2.22. The number of carbonyl (C=O) groups is 1. The van der Waals surface area contributed by atoms with Gasteiger partial charge in [-0.15, -0.1) is 0 Å². The van der Waals surface area contributed by atoms with Crippen molar-refractivity contribution in [3.8, 4) is 11.5 Å². The van der Waals surface area contributed by atoms with Crippen LogP contribution in [0.5, 0.6) is 11.5 Å². The van der Waals surface area contributed by atoms with Crippen molar-refractivity contribution in [2.75, 3.05) is 35.2 Å². The van der Waals surface area contributed by atoms with Crippen LogP contribution in [0.25, 0.3) is 0 Å². The maximum atomic E-state index is 12.2. The Kier molecular flexibility index (Phi) is 5.95. The van der Waals surface area contributed by atoms with Crippen LogP contribution in [0.15, 0.2) is 78.9 Å². The maximum Gasteiger partial charge on any atom is 0.243 e. The summed E-state index contributed by atoms with van der Waals surface area (Å²) < 4.78 is 5.77. The van der Waals surface area contributed by atoms with Gasteiger partial charge in [-0.25, -0.2) is 0 Å². The van der Waals surface area contributed by atoms with Gasteiger partial charge in [-0.3, -0.25) is 4.79 Å². The first-order valence-corrected chi connectivity index (χ1v) is 9.98. The topological polar surface area (TPSA) is 53.6 Å². The summed E-state index contributed by atoms with van der Waals surface area (Å²) in [6.45, 7) is 2.43. The van der Waals surface area contributed by atoms with Crippen LogP contribution in [0.3, 0.4) is 0 Å². The second-order valence-electron chi connectivity index (χ2n) is 7.08. The zero-order chi connectivity index (χ0) is 19.9. The lowest BCUT2D eigenvalue weighted by Gasteiger charge is -2.17. The Morgan fingerprint density at radius 3 is 2.10 bits per heavy atom. The molecule has 0 aromatic heterocycles. The average Bonchev–Trinajstić information content (AvgIpc) is 3.30. The molecule has 2 N–H and O–H groups in total. The van der Waals surface area contributed by atoms with Crippen molar-refractivity contribution >= 4 is 23.0 Å². The van der Waals surface area contributed by atoms with Crippen LogP contribution < -0.4 is 20.3 Å². The first-order chi connectivity index (χ1) is 14.3. The van der Waals surface area contributed by atoms with Gasteiger partial charge in [0.25, 0.3) is 0 Å². The first kappa shape index (κ1) is 18.9. The number of hydrogen-bond donors (Lipinski definition) is 2. The molecule has 0 spiro atoms. The van der Waals surface area contributed by atoms with Crippen molar-refractivity contribution in [2.24, 2.45) is 0 Å². The molecular weight excluding hydrogens is 362 g/mol. The van der Waals surface area contributed by atoms with Crippen LogP contribution in [0.4, 0.5) is 17.1 Å². The van der Waals surface area contributed by atoms with Crippen molar-refractivity contribution in [3.63, 3.8) is 0 Å². The molecule has 5 nitrogen and oxygen atoms in total. The molecule has 0 saturated carbocycles. The summed E-state index contributed by atoms with van der Waals surface area (Å²) in [6.07, 6.45) is 2.51. The molecule has 0 unspecified atom stereocenters. The Bertz CT molecular complexity index is 919. The molecular formula is C24H25N3O2. The minimum Gasteiger partial charge on any atom is -0.457 e. The van der Waals surface area contributed by atoms with Crippen molar-refractivity contribution in [1.29, 1.82) is 0 Å². The van der Waals surface area contributed by atoms with E-state index in [1.54, 1.807) is 0 Å². The van der Waals surface area contributed by atoms with Crippen LogP contribution in [-0.2, 0) is 4.79 Å². The number of nitrogens with zero attached hydrogens (tertiary/aromatic N) is 1. The molecule has 1 aliphatic rings. The molecule has 0 aliphatic carbocycles. The van der Waals surface area contributed by atoms with E-state index >= 15 is 0 Å². The van der Waals surface area contributed by atoms with E-state index in [9.17, 15) is 4.79 Å². The highest BCUT2D eigenvalue weighted by Gasteiger charge is 2.12. The fourth-order valence-corrected chi connectivity index (χ4v) is 3.38. The molecule has 0 atom stereocenters. The minimum atomic E-state index is -0.0801. The Balaban J connectivity index is 1.25. The van der Waals surface area contributed by atoms with Gasteiger partial charge >= 0.3 is 0 Å². The van der Waals surface area contributed by atoms with Crippen molar-refractivity contribution < 1.29 is 9.53 Å². The SMILES string of the molecule is O=C(CNc1ccc(Oc2ccccc2)cc1)Nc1ccc(N2CCCC2)cc1. The van der Waals surface area contributed by atoms with Gasteiger partial charge in [0.05, 0.1) is 6.54 Å². The second-order valence-corrected chi connectivity index (χ2v) is 7.08. The molecule has 148 valence electrons. The van der Waals surface area contributed by atoms with Crippen LogP contribution >= 0.6 is 0 Å². The van der Waals surface area contributed by atoms with Gasteiger partial charge < -0.3 is 20.3 Å². The van der Waals surface area contributed by atoms with Gasteiger partial charge in [0, 0.05) is 30.2 Å². The number of ether oxygens (including phenoxy) is 1. The molecule has 29 heavy (non-hydrogen) atoms.